The Balaban J connectivity index is 1.92. The number of fused-ring (bicyclic) bond motifs is 1. The number of hydrogen-bond acceptors (Lipinski definition) is 7. The summed E-state index contributed by atoms with van der Waals surface area (Å²) in [4.78, 5) is 31.9. The Hall–Kier alpha value is -3.69. The SMILES string of the molecule is C=CCOC(=O)C1=C(C)N=c2sc(=Cc3c(F)cccc3Cl)c(=O)n2C1c1ccc(OCCCC)c(OC)c1. The van der Waals surface area contributed by atoms with Gasteiger partial charge < -0.3 is 14.2 Å². The maximum absolute atomic E-state index is 14.5. The summed E-state index contributed by atoms with van der Waals surface area (Å²) in [5.74, 6) is -0.182. The zero-order valence-corrected chi connectivity index (χ0v) is 23.4. The molecule has 1 atom stereocenters. The molecule has 10 heteroatoms. The minimum absolute atomic E-state index is 0.00787. The molecule has 1 aromatic heterocycles. The quantitative estimate of drug-likeness (QED) is 0.196. The summed E-state index contributed by atoms with van der Waals surface area (Å²) in [7, 11) is 1.52. The highest BCUT2D eigenvalue weighted by molar-refractivity contribution is 7.07. The zero-order valence-electron chi connectivity index (χ0n) is 21.8. The molecule has 0 aliphatic carbocycles. The number of aromatic nitrogens is 1. The Bertz CT molecular complexity index is 1600. The lowest BCUT2D eigenvalue weighted by Crippen LogP contribution is -2.40. The van der Waals surface area contributed by atoms with E-state index in [1.807, 2.05) is 0 Å². The molecule has 0 amide bonds. The molecule has 2 heterocycles. The van der Waals surface area contributed by atoms with E-state index >= 15 is 0 Å². The summed E-state index contributed by atoms with van der Waals surface area (Å²) >= 11 is 7.29. The molecule has 4 rings (SSSR count). The lowest BCUT2D eigenvalue weighted by molar-refractivity contribution is -0.138. The molecule has 0 N–H and O–H groups in total. The van der Waals surface area contributed by atoms with Crippen LogP contribution in [0.2, 0.25) is 5.02 Å². The second-order valence-electron chi connectivity index (χ2n) is 8.72. The second-order valence-corrected chi connectivity index (χ2v) is 10.1. The van der Waals surface area contributed by atoms with Crippen LogP contribution in [0.15, 0.2) is 70.1 Å². The van der Waals surface area contributed by atoms with E-state index in [4.69, 9.17) is 25.8 Å². The van der Waals surface area contributed by atoms with Crippen LogP contribution in [0.4, 0.5) is 4.39 Å². The lowest BCUT2D eigenvalue weighted by atomic mass is 9.95. The van der Waals surface area contributed by atoms with E-state index < -0.39 is 23.4 Å². The molecule has 0 bridgehead atoms. The summed E-state index contributed by atoms with van der Waals surface area (Å²) in [5.41, 5.74) is 0.824. The number of unbranched alkanes of at least 4 members (excludes halogenated alkanes) is 1. The molecular weight excluding hydrogens is 543 g/mol. The van der Waals surface area contributed by atoms with Gasteiger partial charge in [-0.25, -0.2) is 14.2 Å². The maximum Gasteiger partial charge on any atom is 0.338 e. The van der Waals surface area contributed by atoms with Crippen LogP contribution in [0, 0.1) is 5.82 Å². The van der Waals surface area contributed by atoms with E-state index in [0.29, 0.717) is 34.2 Å². The molecular formula is C29H28ClFN2O5S. The first-order valence-electron chi connectivity index (χ1n) is 12.4. The third kappa shape index (κ3) is 5.84. The Labute approximate surface area is 234 Å². The van der Waals surface area contributed by atoms with Crippen molar-refractivity contribution in [1.82, 2.24) is 4.57 Å². The van der Waals surface area contributed by atoms with Crippen molar-refractivity contribution in [2.24, 2.45) is 4.99 Å². The third-order valence-electron chi connectivity index (χ3n) is 6.11. The van der Waals surface area contributed by atoms with Crippen molar-refractivity contribution in [2.75, 3.05) is 20.3 Å². The second kappa shape index (κ2) is 12.4. The average molecular weight is 571 g/mol. The highest BCUT2D eigenvalue weighted by Crippen LogP contribution is 2.36. The number of rotatable bonds is 10. The average Bonchev–Trinajstić information content (AvgIpc) is 3.23. The van der Waals surface area contributed by atoms with Crippen LogP contribution in [0.5, 0.6) is 11.5 Å². The van der Waals surface area contributed by atoms with Gasteiger partial charge in [0, 0.05) is 5.56 Å². The molecule has 2 aromatic carbocycles. The monoisotopic (exact) mass is 570 g/mol. The Morgan fingerprint density at radius 3 is 2.77 bits per heavy atom. The van der Waals surface area contributed by atoms with Crippen molar-refractivity contribution >= 4 is 35.0 Å². The van der Waals surface area contributed by atoms with Crippen LogP contribution < -0.4 is 24.4 Å². The molecule has 204 valence electrons. The van der Waals surface area contributed by atoms with E-state index in [-0.39, 0.29) is 27.3 Å². The predicted octanol–water partition coefficient (Wildman–Crippen LogP) is 4.94. The summed E-state index contributed by atoms with van der Waals surface area (Å²) in [5, 5.41) is 0.172. The third-order valence-corrected chi connectivity index (χ3v) is 7.42. The molecule has 0 saturated heterocycles. The smallest absolute Gasteiger partial charge is 0.338 e. The summed E-state index contributed by atoms with van der Waals surface area (Å²) in [6.45, 7) is 7.87. The van der Waals surface area contributed by atoms with Gasteiger partial charge in [0.2, 0.25) is 0 Å². The van der Waals surface area contributed by atoms with Gasteiger partial charge in [-0.3, -0.25) is 9.36 Å². The number of thiazole rings is 1. The summed E-state index contributed by atoms with van der Waals surface area (Å²) < 4.78 is 33.0. The van der Waals surface area contributed by atoms with Crippen molar-refractivity contribution < 1.29 is 23.4 Å². The van der Waals surface area contributed by atoms with Gasteiger partial charge in [0.05, 0.1) is 40.6 Å². The largest absolute Gasteiger partial charge is 0.493 e. The fourth-order valence-corrected chi connectivity index (χ4v) is 5.44. The number of esters is 1. The zero-order chi connectivity index (χ0) is 28.1. The van der Waals surface area contributed by atoms with Crippen LogP contribution in [0.1, 0.15) is 43.9 Å². The molecule has 1 aliphatic rings. The molecule has 0 spiro atoms. The number of allylic oxidation sites excluding steroid dienone is 1. The number of carbonyl (C=O) groups is 1. The van der Waals surface area contributed by atoms with Crippen LogP contribution in [-0.2, 0) is 9.53 Å². The fourth-order valence-electron chi connectivity index (χ4n) is 4.19. The van der Waals surface area contributed by atoms with E-state index in [2.05, 4.69) is 18.5 Å². The highest BCUT2D eigenvalue weighted by Gasteiger charge is 2.34. The lowest BCUT2D eigenvalue weighted by Gasteiger charge is -2.25. The summed E-state index contributed by atoms with van der Waals surface area (Å²) in [6.07, 6.45) is 4.73. The number of hydrogen-bond donors (Lipinski definition) is 0. The Morgan fingerprint density at radius 2 is 2.08 bits per heavy atom. The summed E-state index contributed by atoms with van der Waals surface area (Å²) in [6, 6.07) is 8.69. The van der Waals surface area contributed by atoms with Crippen molar-refractivity contribution in [1.29, 1.82) is 0 Å². The first kappa shape index (κ1) is 28.3. The molecule has 39 heavy (non-hydrogen) atoms. The van der Waals surface area contributed by atoms with Crippen molar-refractivity contribution in [2.45, 2.75) is 32.7 Å². The van der Waals surface area contributed by atoms with Crippen LogP contribution in [0.3, 0.4) is 0 Å². The number of halogens is 2. The molecule has 0 saturated carbocycles. The van der Waals surface area contributed by atoms with E-state index in [1.165, 1.54) is 36.0 Å². The first-order chi connectivity index (χ1) is 18.8. The molecule has 1 unspecified atom stereocenters. The standard InChI is InChI=1S/C29H28ClFN2O5S/c1-5-7-14-37-22-12-11-18(15-23(22)36-4)26-25(28(35)38-13-6-2)17(3)32-29-33(26)27(34)24(39-29)16-19-20(30)9-8-10-21(19)31/h6,8-12,15-16,26H,2,5,7,13-14H2,1,3-4H3. The van der Waals surface area contributed by atoms with Gasteiger partial charge in [-0.05, 0) is 49.2 Å². The normalized spacial score (nSPS) is 15.0. The van der Waals surface area contributed by atoms with E-state index in [9.17, 15) is 14.0 Å². The van der Waals surface area contributed by atoms with Crippen molar-refractivity contribution in [3.8, 4) is 11.5 Å². The number of nitrogens with zero attached hydrogens (tertiary/aromatic N) is 2. The van der Waals surface area contributed by atoms with Crippen LogP contribution >= 0.6 is 22.9 Å². The van der Waals surface area contributed by atoms with Crippen LogP contribution in [-0.4, -0.2) is 30.9 Å². The number of carbonyl (C=O) groups excluding carboxylic acids is 1. The van der Waals surface area contributed by atoms with Gasteiger partial charge in [0.25, 0.3) is 5.56 Å². The highest BCUT2D eigenvalue weighted by atomic mass is 35.5. The molecule has 1 aliphatic heterocycles. The van der Waals surface area contributed by atoms with Gasteiger partial charge >= 0.3 is 5.97 Å². The minimum Gasteiger partial charge on any atom is -0.493 e. The van der Waals surface area contributed by atoms with Crippen molar-refractivity contribution in [3.63, 3.8) is 0 Å². The van der Waals surface area contributed by atoms with Gasteiger partial charge in [-0.1, -0.05) is 61.1 Å². The molecule has 0 radical (unpaired) electrons. The number of ether oxygens (including phenoxy) is 3. The Morgan fingerprint density at radius 1 is 1.28 bits per heavy atom. The predicted molar refractivity (Wildman–Crippen MR) is 150 cm³/mol. The Kier molecular flexibility index (Phi) is 9.04. The molecule has 7 nitrogen and oxygen atoms in total. The maximum atomic E-state index is 14.5. The van der Waals surface area contributed by atoms with Gasteiger partial charge in [-0.15, -0.1) is 0 Å². The van der Waals surface area contributed by atoms with Crippen molar-refractivity contribution in [3.05, 3.63) is 102 Å². The van der Waals surface area contributed by atoms with E-state index in [0.717, 1.165) is 24.2 Å². The van der Waals surface area contributed by atoms with Gasteiger partial charge in [0.15, 0.2) is 16.3 Å². The first-order valence-corrected chi connectivity index (χ1v) is 13.5. The van der Waals surface area contributed by atoms with Crippen LogP contribution in [0.25, 0.3) is 6.08 Å². The van der Waals surface area contributed by atoms with Gasteiger partial charge in [-0.2, -0.15) is 0 Å². The number of methoxy groups -OCH3 is 1. The molecule has 0 fully saturated rings. The topological polar surface area (TPSA) is 79.1 Å². The number of benzene rings is 2. The van der Waals surface area contributed by atoms with E-state index in [1.54, 1.807) is 31.2 Å². The molecule has 3 aromatic rings. The fraction of sp³-hybridized carbons (Fsp3) is 0.276. The van der Waals surface area contributed by atoms with Gasteiger partial charge in [0.1, 0.15) is 12.4 Å². The minimum atomic E-state index is -0.879.